The molecule has 1 aliphatic rings. The third-order valence-electron chi connectivity index (χ3n) is 4.80. The van der Waals surface area contributed by atoms with Crippen LogP contribution in [0.1, 0.15) is 30.4 Å². The van der Waals surface area contributed by atoms with Crippen LogP contribution in [0.4, 0.5) is 0 Å². The molecule has 0 saturated carbocycles. The fraction of sp³-hybridized carbons (Fsp3) is 0.474. The van der Waals surface area contributed by atoms with Gasteiger partial charge in [0.2, 0.25) is 5.91 Å². The predicted molar refractivity (Wildman–Crippen MR) is 103 cm³/mol. The van der Waals surface area contributed by atoms with Gasteiger partial charge in [0.05, 0.1) is 7.11 Å². The summed E-state index contributed by atoms with van der Waals surface area (Å²) in [5.41, 5.74) is 1.54. The Labute approximate surface area is 158 Å². The van der Waals surface area contributed by atoms with Gasteiger partial charge in [0.25, 0.3) is 0 Å². The minimum atomic E-state index is -0.386. The average molecular weight is 381 g/mol. The number of hydrogen-bond donors (Lipinski definition) is 2. The van der Waals surface area contributed by atoms with Crippen molar-refractivity contribution >= 4 is 29.3 Å². The molecule has 2 heterocycles. The molecule has 1 atom stereocenters. The van der Waals surface area contributed by atoms with E-state index in [1.807, 2.05) is 19.1 Å². The number of benzene rings is 1. The lowest BCUT2D eigenvalue weighted by Crippen LogP contribution is -2.37. The monoisotopic (exact) mass is 380 g/mol. The highest BCUT2D eigenvalue weighted by atomic mass is 35.5. The van der Waals surface area contributed by atoms with Gasteiger partial charge in [-0.05, 0) is 50.4 Å². The van der Waals surface area contributed by atoms with E-state index in [2.05, 4.69) is 10.6 Å². The molecule has 2 aromatic rings. The van der Waals surface area contributed by atoms with Gasteiger partial charge >= 0.3 is 5.63 Å². The van der Waals surface area contributed by atoms with Gasteiger partial charge in [0, 0.05) is 36.0 Å². The Kier molecular flexibility index (Phi) is 7.06. The topological polar surface area (TPSA) is 80.6 Å². The smallest absolute Gasteiger partial charge is 0.339 e. The van der Waals surface area contributed by atoms with Gasteiger partial charge in [0.1, 0.15) is 11.3 Å². The van der Waals surface area contributed by atoms with Crippen LogP contribution in [0.3, 0.4) is 0 Å². The Hall–Kier alpha value is -2.05. The van der Waals surface area contributed by atoms with Crippen molar-refractivity contribution in [3.05, 3.63) is 39.7 Å². The highest BCUT2D eigenvalue weighted by Crippen LogP contribution is 2.24. The van der Waals surface area contributed by atoms with E-state index in [4.69, 9.17) is 9.15 Å². The molecule has 1 aliphatic heterocycles. The van der Waals surface area contributed by atoms with Gasteiger partial charge in [-0.2, -0.15) is 0 Å². The van der Waals surface area contributed by atoms with Gasteiger partial charge in [-0.15, -0.1) is 12.4 Å². The summed E-state index contributed by atoms with van der Waals surface area (Å²) in [6.45, 7) is 3.55. The van der Waals surface area contributed by atoms with Crippen molar-refractivity contribution < 1.29 is 13.9 Å². The zero-order valence-corrected chi connectivity index (χ0v) is 15.9. The summed E-state index contributed by atoms with van der Waals surface area (Å²) in [5, 5.41) is 7.15. The summed E-state index contributed by atoms with van der Waals surface area (Å²) in [6, 6.07) is 5.78. The average Bonchev–Trinajstić information content (AvgIpc) is 3.12. The zero-order valence-electron chi connectivity index (χ0n) is 15.1. The molecule has 1 unspecified atom stereocenters. The Balaban J connectivity index is 0.00000243. The molecule has 1 fully saturated rings. The first-order chi connectivity index (χ1) is 12.1. The molecular formula is C19H25ClN2O4. The molecule has 26 heavy (non-hydrogen) atoms. The minimum absolute atomic E-state index is 0. The van der Waals surface area contributed by atoms with E-state index >= 15 is 0 Å². The summed E-state index contributed by atoms with van der Waals surface area (Å²) >= 11 is 0. The number of fused-ring (bicyclic) bond motifs is 1. The maximum atomic E-state index is 12.3. The number of aryl methyl sites for hydroxylation is 1. The lowest BCUT2D eigenvalue weighted by atomic mass is 10.0. The van der Waals surface area contributed by atoms with E-state index in [-0.39, 0.29) is 30.4 Å². The summed E-state index contributed by atoms with van der Waals surface area (Å²) in [5.74, 6) is 0.602. The minimum Gasteiger partial charge on any atom is -0.497 e. The van der Waals surface area contributed by atoms with Crippen molar-refractivity contribution in [2.75, 3.05) is 20.2 Å². The van der Waals surface area contributed by atoms with Crippen LogP contribution in [0.25, 0.3) is 11.0 Å². The van der Waals surface area contributed by atoms with E-state index in [1.165, 1.54) is 0 Å². The van der Waals surface area contributed by atoms with Gasteiger partial charge in [-0.25, -0.2) is 4.79 Å². The van der Waals surface area contributed by atoms with Crippen LogP contribution < -0.4 is 21.0 Å². The molecule has 1 aromatic carbocycles. The molecule has 1 saturated heterocycles. The molecule has 0 bridgehead atoms. The second-order valence-electron chi connectivity index (χ2n) is 6.45. The Morgan fingerprint density at radius 2 is 2.23 bits per heavy atom. The number of rotatable bonds is 6. The molecule has 142 valence electrons. The summed E-state index contributed by atoms with van der Waals surface area (Å²) < 4.78 is 10.6. The van der Waals surface area contributed by atoms with Crippen molar-refractivity contribution in [2.45, 2.75) is 38.6 Å². The molecular weight excluding hydrogens is 356 g/mol. The number of ether oxygens (including phenoxy) is 1. The number of carbonyl (C=O) groups is 1. The highest BCUT2D eigenvalue weighted by molar-refractivity contribution is 5.85. The number of amides is 1. The molecule has 6 nitrogen and oxygen atoms in total. The Bertz CT molecular complexity index is 828. The molecule has 1 amide bonds. The molecule has 2 N–H and O–H groups in total. The molecule has 0 spiro atoms. The van der Waals surface area contributed by atoms with E-state index in [9.17, 15) is 9.59 Å². The van der Waals surface area contributed by atoms with Crippen LogP contribution in [0, 0.1) is 6.92 Å². The molecule has 0 radical (unpaired) electrons. The quantitative estimate of drug-likeness (QED) is 0.752. The fourth-order valence-electron chi connectivity index (χ4n) is 3.29. The first kappa shape index (κ1) is 20.3. The van der Waals surface area contributed by atoms with E-state index in [1.54, 1.807) is 13.2 Å². The number of methoxy groups -OCH3 is 1. The maximum Gasteiger partial charge on any atom is 0.339 e. The summed E-state index contributed by atoms with van der Waals surface area (Å²) in [7, 11) is 1.57. The normalized spacial score (nSPS) is 16.3. The number of hydrogen-bond acceptors (Lipinski definition) is 5. The van der Waals surface area contributed by atoms with Crippen molar-refractivity contribution in [1.29, 1.82) is 0 Å². The van der Waals surface area contributed by atoms with Crippen molar-refractivity contribution in [2.24, 2.45) is 0 Å². The molecule has 3 rings (SSSR count). The van der Waals surface area contributed by atoms with Gasteiger partial charge < -0.3 is 19.8 Å². The van der Waals surface area contributed by atoms with E-state index < -0.39 is 0 Å². The van der Waals surface area contributed by atoms with Crippen LogP contribution >= 0.6 is 12.4 Å². The zero-order chi connectivity index (χ0) is 17.8. The summed E-state index contributed by atoms with van der Waals surface area (Å²) in [6.07, 6.45) is 2.90. The van der Waals surface area contributed by atoms with E-state index in [0.717, 1.165) is 30.3 Å². The third-order valence-corrected chi connectivity index (χ3v) is 4.80. The maximum absolute atomic E-state index is 12.3. The van der Waals surface area contributed by atoms with Crippen LogP contribution in [0.15, 0.2) is 27.4 Å². The van der Waals surface area contributed by atoms with Gasteiger partial charge in [-0.3, -0.25) is 4.79 Å². The number of halogens is 1. The predicted octanol–water partition coefficient (Wildman–Crippen LogP) is 2.33. The standard InChI is InChI=1S/C19H24N2O4.ClH/c1-12-15-6-5-14(24-2)10-17(15)25-19(23)16(12)7-8-18(22)21-11-13-4-3-9-20-13;/h5-6,10,13,20H,3-4,7-9,11H2,1-2H3,(H,21,22);1H. The van der Waals surface area contributed by atoms with Crippen LogP contribution in [-0.2, 0) is 11.2 Å². The lowest BCUT2D eigenvalue weighted by molar-refractivity contribution is -0.121. The number of nitrogens with one attached hydrogen (secondary N) is 2. The fourth-order valence-corrected chi connectivity index (χ4v) is 3.29. The van der Waals surface area contributed by atoms with Gasteiger partial charge in [-0.1, -0.05) is 0 Å². The first-order valence-electron chi connectivity index (χ1n) is 8.69. The van der Waals surface area contributed by atoms with Gasteiger partial charge in [0.15, 0.2) is 0 Å². The molecule has 7 heteroatoms. The highest BCUT2D eigenvalue weighted by Gasteiger charge is 2.16. The van der Waals surface area contributed by atoms with Crippen LogP contribution in [-0.4, -0.2) is 32.1 Å². The van der Waals surface area contributed by atoms with E-state index in [0.29, 0.717) is 35.9 Å². The lowest BCUT2D eigenvalue weighted by Gasteiger charge is -2.12. The second kappa shape index (κ2) is 9.05. The summed E-state index contributed by atoms with van der Waals surface area (Å²) in [4.78, 5) is 24.3. The van der Waals surface area contributed by atoms with Crippen LogP contribution in [0.5, 0.6) is 5.75 Å². The largest absolute Gasteiger partial charge is 0.497 e. The third kappa shape index (κ3) is 4.56. The van der Waals surface area contributed by atoms with Crippen molar-refractivity contribution in [3.63, 3.8) is 0 Å². The Morgan fingerprint density at radius 1 is 1.42 bits per heavy atom. The first-order valence-corrected chi connectivity index (χ1v) is 8.69. The van der Waals surface area contributed by atoms with Crippen molar-refractivity contribution in [3.8, 4) is 5.75 Å². The number of carbonyl (C=O) groups excluding carboxylic acids is 1. The Morgan fingerprint density at radius 3 is 2.92 bits per heavy atom. The molecule has 1 aromatic heterocycles. The van der Waals surface area contributed by atoms with Crippen LogP contribution in [0.2, 0.25) is 0 Å². The van der Waals surface area contributed by atoms with Crippen molar-refractivity contribution in [1.82, 2.24) is 10.6 Å². The SMILES string of the molecule is COc1ccc2c(C)c(CCC(=O)NCC3CCCN3)c(=O)oc2c1.Cl. The second-order valence-corrected chi connectivity index (χ2v) is 6.45. The molecule has 0 aliphatic carbocycles.